The lowest BCUT2D eigenvalue weighted by Crippen LogP contribution is -2.39. The molecule has 0 unspecified atom stereocenters. The van der Waals surface area contributed by atoms with Crippen LogP contribution < -0.4 is 25.8 Å². The first-order chi connectivity index (χ1) is 20.4. The lowest BCUT2D eigenvalue weighted by atomic mass is 9.99. The average Bonchev–Trinajstić information content (AvgIpc) is 3.66. The van der Waals surface area contributed by atoms with Crippen molar-refractivity contribution in [2.24, 2.45) is 13.0 Å². The fourth-order valence-electron chi connectivity index (χ4n) is 5.48. The first kappa shape index (κ1) is 27.5. The van der Waals surface area contributed by atoms with Gasteiger partial charge < -0.3 is 30.7 Å². The maximum absolute atomic E-state index is 13.1. The Balaban J connectivity index is 1.05. The molecule has 0 radical (unpaired) electrons. The SMILES string of the molecule is Cn1cc(-c2cnc(N)c(C(=O)N[C@@H]3CCN(C(=O)Oc4ccc5ccc(OCC6CCNCC6)cc5c4)C3)c2)cn1. The maximum Gasteiger partial charge on any atom is 0.415 e. The van der Waals surface area contributed by atoms with Gasteiger partial charge in [-0.3, -0.25) is 9.48 Å². The molecule has 2 aliphatic rings. The van der Waals surface area contributed by atoms with Crippen molar-refractivity contribution in [1.82, 2.24) is 30.3 Å². The Labute approximate surface area is 244 Å². The molecule has 2 aliphatic heterocycles. The fourth-order valence-corrected chi connectivity index (χ4v) is 5.48. The summed E-state index contributed by atoms with van der Waals surface area (Å²) >= 11 is 0. The fraction of sp³-hybridized carbons (Fsp3) is 0.355. The number of pyridine rings is 1. The van der Waals surface area contributed by atoms with Crippen LogP contribution in [0.5, 0.6) is 11.5 Å². The summed E-state index contributed by atoms with van der Waals surface area (Å²) in [4.78, 5) is 31.8. The van der Waals surface area contributed by atoms with Crippen LogP contribution >= 0.6 is 0 Å². The lowest BCUT2D eigenvalue weighted by Gasteiger charge is -2.22. The van der Waals surface area contributed by atoms with Crippen LogP contribution in [0.25, 0.3) is 21.9 Å². The number of likely N-dealkylation sites (tertiary alicyclic amines) is 1. The number of aryl methyl sites for hydroxylation is 1. The normalized spacial score (nSPS) is 17.4. The molecule has 6 rings (SSSR count). The Hall–Kier alpha value is -4.64. The van der Waals surface area contributed by atoms with E-state index < -0.39 is 6.09 Å². The van der Waals surface area contributed by atoms with Gasteiger partial charge in [0.05, 0.1) is 18.4 Å². The Bertz CT molecular complexity index is 1600. The zero-order chi connectivity index (χ0) is 29.1. The maximum atomic E-state index is 13.1. The summed E-state index contributed by atoms with van der Waals surface area (Å²) in [6.45, 7) is 3.58. The standard InChI is InChI=1S/C31H35N7O4/c1-37-17-24(16-35-37)23-14-28(29(32)34-15-23)30(39)36-25-8-11-38(18-25)31(40)42-27-5-3-21-2-4-26(12-22(21)13-27)41-19-20-6-9-33-10-7-20/h2-5,12-17,20,25,33H,6-11,18-19H2,1H3,(H2,32,34)(H,36,39)/t25-/m1/s1. The Morgan fingerprint density at radius 1 is 1.02 bits per heavy atom. The third kappa shape index (κ3) is 6.31. The van der Waals surface area contributed by atoms with Gasteiger partial charge in [-0.15, -0.1) is 0 Å². The molecule has 4 heterocycles. The number of carbonyl (C=O) groups excluding carboxylic acids is 2. The van der Waals surface area contributed by atoms with Crippen molar-refractivity contribution in [3.05, 3.63) is 66.6 Å². The van der Waals surface area contributed by atoms with Crippen molar-refractivity contribution in [1.29, 1.82) is 0 Å². The number of nitrogens with one attached hydrogen (secondary N) is 2. The summed E-state index contributed by atoms with van der Waals surface area (Å²) < 4.78 is 13.5. The van der Waals surface area contributed by atoms with Gasteiger partial charge in [0.15, 0.2) is 0 Å². The molecule has 2 amide bonds. The van der Waals surface area contributed by atoms with Gasteiger partial charge in [0.1, 0.15) is 17.3 Å². The number of hydrogen-bond acceptors (Lipinski definition) is 8. The van der Waals surface area contributed by atoms with Crippen LogP contribution in [-0.2, 0) is 7.05 Å². The quantitative estimate of drug-likeness (QED) is 0.307. The Morgan fingerprint density at radius 2 is 1.81 bits per heavy atom. The van der Waals surface area contributed by atoms with E-state index in [-0.39, 0.29) is 23.3 Å². The molecule has 11 nitrogen and oxygen atoms in total. The second-order valence-corrected chi connectivity index (χ2v) is 11.0. The zero-order valence-electron chi connectivity index (χ0n) is 23.6. The van der Waals surface area contributed by atoms with Crippen molar-refractivity contribution in [2.75, 3.05) is 38.5 Å². The summed E-state index contributed by atoms with van der Waals surface area (Å²) in [5, 5.41) is 12.5. The second kappa shape index (κ2) is 12.1. The van der Waals surface area contributed by atoms with Gasteiger partial charge in [-0.2, -0.15) is 5.10 Å². The molecule has 4 N–H and O–H groups in total. The van der Waals surface area contributed by atoms with E-state index in [1.54, 1.807) is 34.1 Å². The van der Waals surface area contributed by atoms with Crippen LogP contribution in [-0.4, -0.2) is 70.5 Å². The molecular formula is C31H35N7O4. The number of nitrogen functional groups attached to an aromatic ring is 1. The summed E-state index contributed by atoms with van der Waals surface area (Å²) in [6, 6.07) is 13.0. The highest BCUT2D eigenvalue weighted by Crippen LogP contribution is 2.27. The molecular weight excluding hydrogens is 534 g/mol. The van der Waals surface area contributed by atoms with Crippen LogP contribution in [0, 0.1) is 5.92 Å². The van der Waals surface area contributed by atoms with E-state index in [9.17, 15) is 9.59 Å². The largest absolute Gasteiger partial charge is 0.493 e. The topological polar surface area (TPSA) is 137 Å². The predicted molar refractivity (Wildman–Crippen MR) is 159 cm³/mol. The number of carbonyl (C=O) groups is 2. The molecule has 218 valence electrons. The average molecular weight is 570 g/mol. The number of ether oxygens (including phenoxy) is 2. The van der Waals surface area contributed by atoms with Crippen molar-refractivity contribution in [3.63, 3.8) is 0 Å². The van der Waals surface area contributed by atoms with Crippen molar-refractivity contribution >= 4 is 28.6 Å². The van der Waals surface area contributed by atoms with E-state index in [4.69, 9.17) is 15.2 Å². The second-order valence-electron chi connectivity index (χ2n) is 11.0. The number of anilines is 1. The van der Waals surface area contributed by atoms with Gasteiger partial charge in [0.25, 0.3) is 5.91 Å². The van der Waals surface area contributed by atoms with Crippen LogP contribution in [0.3, 0.4) is 0 Å². The van der Waals surface area contributed by atoms with E-state index >= 15 is 0 Å². The van der Waals surface area contributed by atoms with Gasteiger partial charge in [0.2, 0.25) is 0 Å². The lowest BCUT2D eigenvalue weighted by molar-refractivity contribution is 0.0937. The third-order valence-corrected chi connectivity index (χ3v) is 7.92. The molecule has 4 aromatic rings. The number of amides is 2. The highest BCUT2D eigenvalue weighted by atomic mass is 16.6. The van der Waals surface area contributed by atoms with Gasteiger partial charge in [-0.1, -0.05) is 12.1 Å². The number of nitrogens with zero attached hydrogens (tertiary/aromatic N) is 4. The smallest absolute Gasteiger partial charge is 0.415 e. The molecule has 1 atom stereocenters. The monoisotopic (exact) mass is 569 g/mol. The number of fused-ring (bicyclic) bond motifs is 1. The number of piperidine rings is 1. The highest BCUT2D eigenvalue weighted by molar-refractivity contribution is 5.99. The number of benzene rings is 2. The van der Waals surface area contributed by atoms with Crippen LogP contribution in [0.1, 0.15) is 29.6 Å². The molecule has 42 heavy (non-hydrogen) atoms. The van der Waals surface area contributed by atoms with E-state index in [0.29, 0.717) is 37.8 Å². The summed E-state index contributed by atoms with van der Waals surface area (Å²) in [6.07, 6.45) is 7.56. The van der Waals surface area contributed by atoms with Gasteiger partial charge in [-0.05, 0) is 79.4 Å². The molecule has 2 aromatic carbocycles. The van der Waals surface area contributed by atoms with Crippen LogP contribution in [0.4, 0.5) is 10.6 Å². The molecule has 0 aliphatic carbocycles. The molecule has 2 saturated heterocycles. The number of aromatic nitrogens is 3. The van der Waals surface area contributed by atoms with Crippen LogP contribution in [0.15, 0.2) is 61.1 Å². The molecule has 2 aromatic heterocycles. The van der Waals surface area contributed by atoms with E-state index in [1.165, 1.54) is 0 Å². The van der Waals surface area contributed by atoms with Gasteiger partial charge in [0, 0.05) is 49.7 Å². The Kier molecular flexibility index (Phi) is 7.91. The zero-order valence-corrected chi connectivity index (χ0v) is 23.6. The minimum atomic E-state index is -0.454. The predicted octanol–water partition coefficient (Wildman–Crippen LogP) is 3.60. The van der Waals surface area contributed by atoms with E-state index in [1.807, 2.05) is 43.6 Å². The first-order valence-corrected chi connectivity index (χ1v) is 14.3. The summed E-state index contributed by atoms with van der Waals surface area (Å²) in [5.41, 5.74) is 7.89. The minimum Gasteiger partial charge on any atom is -0.493 e. The first-order valence-electron chi connectivity index (χ1n) is 14.3. The third-order valence-electron chi connectivity index (χ3n) is 7.92. The summed E-state index contributed by atoms with van der Waals surface area (Å²) in [7, 11) is 1.82. The summed E-state index contributed by atoms with van der Waals surface area (Å²) in [5.74, 6) is 1.64. The van der Waals surface area contributed by atoms with Gasteiger partial charge in [-0.25, -0.2) is 9.78 Å². The number of rotatable bonds is 7. The van der Waals surface area contributed by atoms with E-state index in [0.717, 1.165) is 53.6 Å². The van der Waals surface area contributed by atoms with Crippen LogP contribution in [0.2, 0.25) is 0 Å². The molecule has 0 spiro atoms. The van der Waals surface area contributed by atoms with Crippen molar-refractivity contribution in [2.45, 2.75) is 25.3 Å². The minimum absolute atomic E-state index is 0.144. The van der Waals surface area contributed by atoms with Crippen molar-refractivity contribution in [3.8, 4) is 22.6 Å². The molecule has 2 fully saturated rings. The number of nitrogens with two attached hydrogens (primary N) is 1. The molecule has 11 heteroatoms. The highest BCUT2D eigenvalue weighted by Gasteiger charge is 2.29. The van der Waals surface area contributed by atoms with Gasteiger partial charge >= 0.3 is 6.09 Å². The Morgan fingerprint density at radius 3 is 2.60 bits per heavy atom. The molecule has 0 bridgehead atoms. The molecule has 0 saturated carbocycles. The number of hydrogen-bond donors (Lipinski definition) is 3. The van der Waals surface area contributed by atoms with Crippen molar-refractivity contribution < 1.29 is 19.1 Å². The van der Waals surface area contributed by atoms with E-state index in [2.05, 4.69) is 20.7 Å².